The van der Waals surface area contributed by atoms with Gasteiger partial charge >= 0.3 is 0 Å². The first-order valence-corrected chi connectivity index (χ1v) is 7.78. The van der Waals surface area contributed by atoms with E-state index in [0.717, 1.165) is 17.7 Å². The predicted molar refractivity (Wildman–Crippen MR) is 91.8 cm³/mol. The van der Waals surface area contributed by atoms with Crippen LogP contribution in [-0.4, -0.2) is 22.9 Å². The zero-order chi connectivity index (χ0) is 17.1. The normalized spacial score (nSPS) is 18.0. The molecule has 0 fully saturated rings. The van der Waals surface area contributed by atoms with E-state index in [2.05, 4.69) is 11.2 Å². The molecule has 0 saturated carbocycles. The molecule has 2 aromatic rings. The fourth-order valence-electron chi connectivity index (χ4n) is 3.06. The van der Waals surface area contributed by atoms with E-state index in [1.165, 1.54) is 7.11 Å². The molecule has 1 aliphatic rings. The lowest BCUT2D eigenvalue weighted by Gasteiger charge is -2.29. The zero-order valence-corrected chi connectivity index (χ0v) is 13.7. The minimum absolute atomic E-state index is 0.0156. The summed E-state index contributed by atoms with van der Waals surface area (Å²) in [6.07, 6.45) is 0.757. The maximum atomic E-state index is 10.4. The fourth-order valence-corrected chi connectivity index (χ4v) is 3.06. The van der Waals surface area contributed by atoms with Crippen molar-refractivity contribution < 1.29 is 9.84 Å². The van der Waals surface area contributed by atoms with Crippen LogP contribution in [0, 0.1) is 11.3 Å². The Balaban J connectivity index is 2.02. The summed E-state index contributed by atoms with van der Waals surface area (Å²) in [6, 6.07) is 16.7. The van der Waals surface area contributed by atoms with Gasteiger partial charge in [0.1, 0.15) is 0 Å². The maximum absolute atomic E-state index is 10.4. The van der Waals surface area contributed by atoms with Crippen molar-refractivity contribution in [2.45, 2.75) is 25.4 Å². The van der Waals surface area contributed by atoms with Gasteiger partial charge < -0.3 is 9.84 Å². The van der Waals surface area contributed by atoms with Crippen LogP contribution >= 0.6 is 0 Å². The van der Waals surface area contributed by atoms with E-state index in [4.69, 9.17) is 4.74 Å². The molecule has 5 heteroatoms. The van der Waals surface area contributed by atoms with Gasteiger partial charge in [-0.15, -0.1) is 0 Å². The number of para-hydroxylation sites is 1. The second-order valence-corrected chi connectivity index (χ2v) is 5.78. The largest absolute Gasteiger partial charge is 0.504 e. The number of phenols is 1. The number of methoxy groups -OCH3 is 1. The average molecular weight is 321 g/mol. The topological polar surface area (TPSA) is 68.8 Å². The van der Waals surface area contributed by atoms with E-state index in [1.54, 1.807) is 23.2 Å². The zero-order valence-electron chi connectivity index (χ0n) is 13.7. The molecule has 24 heavy (non-hydrogen) atoms. The number of nitriles is 1. The molecule has 0 bridgehead atoms. The maximum Gasteiger partial charge on any atom is 0.164 e. The number of hydrogen-bond donors (Lipinski definition) is 1. The van der Waals surface area contributed by atoms with Crippen LogP contribution in [0.3, 0.4) is 0 Å². The summed E-state index contributed by atoms with van der Waals surface area (Å²) in [5.74, 6) is 0.335. The number of nitrogens with zero attached hydrogens (tertiary/aromatic N) is 3. The SMILES string of the molecule is COc1cccc(C(C#N)N2N=C(C)CC2c2ccccc2)c1O. The number of rotatable bonds is 4. The highest BCUT2D eigenvalue weighted by atomic mass is 16.5. The summed E-state index contributed by atoms with van der Waals surface area (Å²) in [5, 5.41) is 26.5. The molecule has 0 amide bonds. The van der Waals surface area contributed by atoms with Gasteiger partial charge in [-0.1, -0.05) is 42.5 Å². The number of benzene rings is 2. The summed E-state index contributed by atoms with van der Waals surface area (Å²) in [6.45, 7) is 1.95. The third-order valence-corrected chi connectivity index (χ3v) is 4.21. The smallest absolute Gasteiger partial charge is 0.164 e. The third kappa shape index (κ3) is 2.79. The molecule has 1 aliphatic heterocycles. The van der Waals surface area contributed by atoms with Crippen molar-refractivity contribution in [1.82, 2.24) is 5.01 Å². The van der Waals surface area contributed by atoms with Gasteiger partial charge in [0, 0.05) is 17.7 Å². The number of phenolic OH excluding ortho intramolecular Hbond substituents is 1. The van der Waals surface area contributed by atoms with Crippen molar-refractivity contribution in [2.24, 2.45) is 5.10 Å². The first-order chi connectivity index (χ1) is 11.7. The van der Waals surface area contributed by atoms with Gasteiger partial charge in [-0.25, -0.2) is 0 Å². The lowest BCUT2D eigenvalue weighted by Crippen LogP contribution is -2.24. The van der Waals surface area contributed by atoms with Crippen molar-refractivity contribution >= 4 is 5.71 Å². The van der Waals surface area contributed by atoms with E-state index in [-0.39, 0.29) is 11.8 Å². The van der Waals surface area contributed by atoms with Gasteiger partial charge in [0.25, 0.3) is 0 Å². The molecular formula is C19H19N3O2. The Morgan fingerprint density at radius 1 is 1.25 bits per heavy atom. The van der Waals surface area contributed by atoms with E-state index >= 15 is 0 Å². The Morgan fingerprint density at radius 2 is 2.00 bits per heavy atom. The quantitative estimate of drug-likeness (QED) is 0.930. The minimum atomic E-state index is -0.692. The Hall–Kier alpha value is -3.00. The molecule has 0 saturated heterocycles. The van der Waals surface area contributed by atoms with E-state index in [0.29, 0.717) is 11.3 Å². The lowest BCUT2D eigenvalue weighted by molar-refractivity contribution is 0.193. The van der Waals surface area contributed by atoms with Crippen LogP contribution in [0.1, 0.15) is 36.6 Å². The van der Waals surface area contributed by atoms with Crippen LogP contribution in [0.25, 0.3) is 0 Å². The van der Waals surface area contributed by atoms with Crippen molar-refractivity contribution in [3.05, 3.63) is 59.7 Å². The molecule has 0 aliphatic carbocycles. The highest BCUT2D eigenvalue weighted by Crippen LogP contribution is 2.42. The Bertz CT molecular complexity index is 796. The summed E-state index contributed by atoms with van der Waals surface area (Å²) in [4.78, 5) is 0. The van der Waals surface area contributed by atoms with Crippen LogP contribution in [0.5, 0.6) is 11.5 Å². The third-order valence-electron chi connectivity index (χ3n) is 4.21. The molecular weight excluding hydrogens is 302 g/mol. The lowest BCUT2D eigenvalue weighted by atomic mass is 9.99. The van der Waals surface area contributed by atoms with Crippen LogP contribution in [-0.2, 0) is 0 Å². The van der Waals surface area contributed by atoms with E-state index < -0.39 is 6.04 Å². The molecule has 3 rings (SSSR count). The monoisotopic (exact) mass is 321 g/mol. The van der Waals surface area contributed by atoms with Crippen molar-refractivity contribution in [1.29, 1.82) is 5.26 Å². The summed E-state index contributed by atoms with van der Waals surface area (Å²) in [7, 11) is 1.49. The van der Waals surface area contributed by atoms with Crippen LogP contribution in [0.4, 0.5) is 0 Å². The van der Waals surface area contributed by atoms with Crippen molar-refractivity contribution in [3.63, 3.8) is 0 Å². The molecule has 1 heterocycles. The van der Waals surface area contributed by atoms with Gasteiger partial charge in [0.15, 0.2) is 17.5 Å². The van der Waals surface area contributed by atoms with Gasteiger partial charge in [-0.2, -0.15) is 10.4 Å². The van der Waals surface area contributed by atoms with Crippen LogP contribution in [0.15, 0.2) is 53.6 Å². The molecule has 0 spiro atoms. The molecule has 2 aromatic carbocycles. The number of hydrogen-bond acceptors (Lipinski definition) is 5. The van der Waals surface area contributed by atoms with Crippen LogP contribution in [0.2, 0.25) is 0 Å². The first-order valence-electron chi connectivity index (χ1n) is 7.78. The summed E-state index contributed by atoms with van der Waals surface area (Å²) in [5.41, 5.74) is 2.56. The Labute approximate surface area is 141 Å². The molecule has 0 aromatic heterocycles. The van der Waals surface area contributed by atoms with Gasteiger partial charge in [0.2, 0.25) is 0 Å². The standard InChI is InChI=1S/C19H19N3O2/c1-13-11-16(14-7-4-3-5-8-14)22(21-13)17(12-20)15-9-6-10-18(24-2)19(15)23/h3-10,16-17,23H,11H2,1-2H3. The van der Waals surface area contributed by atoms with Gasteiger partial charge in [-0.05, 0) is 18.6 Å². The summed E-state index contributed by atoms with van der Waals surface area (Å²) >= 11 is 0. The molecule has 122 valence electrons. The van der Waals surface area contributed by atoms with E-state index in [1.807, 2.05) is 37.3 Å². The Kier molecular flexibility index (Phi) is 4.39. The fraction of sp³-hybridized carbons (Fsp3) is 0.263. The molecule has 0 radical (unpaired) electrons. The highest BCUT2D eigenvalue weighted by molar-refractivity contribution is 5.84. The van der Waals surface area contributed by atoms with Crippen LogP contribution < -0.4 is 4.74 Å². The minimum Gasteiger partial charge on any atom is -0.504 e. The predicted octanol–water partition coefficient (Wildman–Crippen LogP) is 3.79. The van der Waals surface area contributed by atoms with Crippen molar-refractivity contribution in [3.8, 4) is 17.6 Å². The average Bonchev–Trinajstić information content (AvgIpc) is 2.99. The van der Waals surface area contributed by atoms with Crippen molar-refractivity contribution in [2.75, 3.05) is 7.11 Å². The molecule has 1 N–H and O–H groups in total. The highest BCUT2D eigenvalue weighted by Gasteiger charge is 2.34. The first kappa shape index (κ1) is 15.9. The number of hydrazone groups is 1. The second kappa shape index (κ2) is 6.63. The molecule has 2 unspecified atom stereocenters. The second-order valence-electron chi connectivity index (χ2n) is 5.78. The number of ether oxygens (including phenoxy) is 1. The summed E-state index contributed by atoms with van der Waals surface area (Å²) < 4.78 is 5.16. The van der Waals surface area contributed by atoms with Gasteiger partial charge in [-0.3, -0.25) is 5.01 Å². The van der Waals surface area contributed by atoms with Gasteiger partial charge in [0.05, 0.1) is 19.2 Å². The number of aromatic hydroxyl groups is 1. The Morgan fingerprint density at radius 3 is 2.67 bits per heavy atom. The van der Waals surface area contributed by atoms with E-state index in [9.17, 15) is 10.4 Å². The molecule has 5 nitrogen and oxygen atoms in total. The molecule has 2 atom stereocenters.